The molecule has 0 spiro atoms. The van der Waals surface area contributed by atoms with E-state index < -0.39 is 6.10 Å². The number of nitrogens with zero attached hydrogens (tertiary/aromatic N) is 1. The highest BCUT2D eigenvalue weighted by molar-refractivity contribution is 14.0. The highest BCUT2D eigenvalue weighted by Gasteiger charge is 2.23. The minimum Gasteiger partial charge on any atom is -0.389 e. The Morgan fingerprint density at radius 2 is 2.12 bits per heavy atom. The molecule has 0 radical (unpaired) electrons. The molecule has 142 valence electrons. The van der Waals surface area contributed by atoms with Gasteiger partial charge >= 0.3 is 0 Å². The molecule has 2 aliphatic carbocycles. The fourth-order valence-corrected chi connectivity index (χ4v) is 3.74. The van der Waals surface area contributed by atoms with Crippen molar-refractivity contribution in [1.82, 2.24) is 10.6 Å². The van der Waals surface area contributed by atoms with Gasteiger partial charge in [-0.05, 0) is 51.2 Å². The van der Waals surface area contributed by atoms with E-state index in [1.807, 2.05) is 11.8 Å². The van der Waals surface area contributed by atoms with E-state index in [4.69, 9.17) is 4.74 Å². The molecule has 0 saturated heterocycles. The van der Waals surface area contributed by atoms with E-state index in [9.17, 15) is 5.11 Å². The topological polar surface area (TPSA) is 65.9 Å². The summed E-state index contributed by atoms with van der Waals surface area (Å²) in [5.74, 6) is 1.56. The predicted octanol–water partition coefficient (Wildman–Crippen LogP) is 2.62. The number of aliphatic hydroxyl groups excluding tert-OH is 1. The van der Waals surface area contributed by atoms with Gasteiger partial charge in [0, 0.05) is 24.4 Å². The third-order valence-corrected chi connectivity index (χ3v) is 5.56. The number of guanidine groups is 1. The molecule has 0 aliphatic heterocycles. The predicted molar refractivity (Wildman–Crippen MR) is 114 cm³/mol. The van der Waals surface area contributed by atoms with Crippen molar-refractivity contribution in [2.24, 2.45) is 10.9 Å². The van der Waals surface area contributed by atoms with Crippen LogP contribution in [0.3, 0.4) is 0 Å². The summed E-state index contributed by atoms with van der Waals surface area (Å²) in [5.41, 5.74) is 0. The second-order valence-electron chi connectivity index (χ2n) is 6.72. The smallest absolute Gasteiger partial charge is 0.191 e. The first-order valence-electron chi connectivity index (χ1n) is 9.04. The average Bonchev–Trinajstić information content (AvgIpc) is 3.37. The van der Waals surface area contributed by atoms with Gasteiger partial charge in [0.1, 0.15) is 0 Å². The van der Waals surface area contributed by atoms with Gasteiger partial charge in [0.2, 0.25) is 0 Å². The molecule has 0 aromatic carbocycles. The lowest BCUT2D eigenvalue weighted by Gasteiger charge is -2.30. The quantitative estimate of drug-likeness (QED) is 0.274. The van der Waals surface area contributed by atoms with E-state index in [0.29, 0.717) is 19.2 Å². The van der Waals surface area contributed by atoms with Crippen molar-refractivity contribution in [3.8, 4) is 0 Å². The molecule has 2 rings (SSSR count). The van der Waals surface area contributed by atoms with E-state index in [1.54, 1.807) is 0 Å². The van der Waals surface area contributed by atoms with Gasteiger partial charge in [-0.2, -0.15) is 11.8 Å². The molecule has 2 aliphatic rings. The van der Waals surface area contributed by atoms with Crippen molar-refractivity contribution in [1.29, 1.82) is 0 Å². The molecular weight excluding hydrogens is 437 g/mol. The van der Waals surface area contributed by atoms with Crippen molar-refractivity contribution >= 4 is 41.7 Å². The number of rotatable bonds is 9. The minimum absolute atomic E-state index is 0. The van der Waals surface area contributed by atoms with Gasteiger partial charge < -0.3 is 20.5 Å². The standard InChI is InChI=1S/C17H33N3O2S.HI/c1-3-18-17(20-14-5-4-6-16(9-14)23-2)19-10-15(21)12-22-11-13-7-8-13;/h13-16,21H,3-12H2,1-2H3,(H2,18,19,20);1H. The molecule has 3 N–H and O–H groups in total. The minimum atomic E-state index is -0.519. The molecule has 3 atom stereocenters. The van der Waals surface area contributed by atoms with E-state index >= 15 is 0 Å². The summed E-state index contributed by atoms with van der Waals surface area (Å²) in [6.45, 7) is 4.46. The van der Waals surface area contributed by atoms with Gasteiger partial charge in [0.25, 0.3) is 0 Å². The first-order chi connectivity index (χ1) is 11.2. The lowest BCUT2D eigenvalue weighted by atomic mass is 9.95. The van der Waals surface area contributed by atoms with Crippen molar-refractivity contribution in [3.05, 3.63) is 0 Å². The summed E-state index contributed by atoms with van der Waals surface area (Å²) in [4.78, 5) is 4.53. The highest BCUT2D eigenvalue weighted by atomic mass is 127. The fraction of sp³-hybridized carbons (Fsp3) is 0.941. The van der Waals surface area contributed by atoms with Crippen LogP contribution >= 0.6 is 35.7 Å². The number of thioether (sulfide) groups is 1. The Balaban J connectivity index is 0.00000288. The number of hydrogen-bond donors (Lipinski definition) is 3. The Morgan fingerprint density at radius 3 is 2.79 bits per heavy atom. The van der Waals surface area contributed by atoms with Crippen LogP contribution in [0.4, 0.5) is 0 Å². The molecule has 0 amide bonds. The van der Waals surface area contributed by atoms with Crippen molar-refractivity contribution < 1.29 is 9.84 Å². The van der Waals surface area contributed by atoms with Crippen LogP contribution in [-0.2, 0) is 4.74 Å². The second kappa shape index (κ2) is 12.6. The zero-order valence-electron chi connectivity index (χ0n) is 15.0. The Kier molecular flexibility index (Phi) is 11.7. The summed E-state index contributed by atoms with van der Waals surface area (Å²) in [6, 6.07) is 0.488. The van der Waals surface area contributed by atoms with Crippen molar-refractivity contribution in [2.75, 3.05) is 32.6 Å². The molecule has 5 nitrogen and oxygen atoms in total. The van der Waals surface area contributed by atoms with Gasteiger partial charge in [0.05, 0.1) is 19.3 Å². The Labute approximate surface area is 168 Å². The number of hydrogen-bond acceptors (Lipinski definition) is 4. The molecule has 0 aromatic heterocycles. The third-order valence-electron chi connectivity index (χ3n) is 4.47. The van der Waals surface area contributed by atoms with Crippen LogP contribution in [-0.4, -0.2) is 61.0 Å². The summed E-state index contributed by atoms with van der Waals surface area (Å²) >= 11 is 1.97. The average molecular weight is 471 g/mol. The van der Waals surface area contributed by atoms with Gasteiger partial charge in [-0.1, -0.05) is 6.42 Å². The summed E-state index contributed by atoms with van der Waals surface area (Å²) in [7, 11) is 0. The number of aliphatic hydroxyl groups is 1. The zero-order valence-corrected chi connectivity index (χ0v) is 18.1. The van der Waals surface area contributed by atoms with Gasteiger partial charge in [-0.25, -0.2) is 0 Å². The third kappa shape index (κ3) is 9.10. The summed E-state index contributed by atoms with van der Waals surface area (Å²) < 4.78 is 5.53. The van der Waals surface area contributed by atoms with Gasteiger partial charge in [-0.3, -0.25) is 4.99 Å². The van der Waals surface area contributed by atoms with Crippen LogP contribution in [0.5, 0.6) is 0 Å². The molecule has 7 heteroatoms. The maximum absolute atomic E-state index is 9.99. The molecular formula is C17H34IN3O2S. The van der Waals surface area contributed by atoms with E-state index in [-0.39, 0.29) is 24.0 Å². The number of nitrogens with one attached hydrogen (secondary N) is 2. The Hall–Kier alpha value is 0.270. The van der Waals surface area contributed by atoms with Gasteiger partial charge in [-0.15, -0.1) is 24.0 Å². The van der Waals surface area contributed by atoms with E-state index in [0.717, 1.165) is 30.3 Å². The highest BCUT2D eigenvalue weighted by Crippen LogP contribution is 2.28. The Morgan fingerprint density at radius 1 is 1.33 bits per heavy atom. The zero-order chi connectivity index (χ0) is 16.5. The van der Waals surface area contributed by atoms with Crippen LogP contribution in [0.1, 0.15) is 45.4 Å². The molecule has 0 heterocycles. The molecule has 2 saturated carbocycles. The fourth-order valence-electron chi connectivity index (χ4n) is 2.91. The monoisotopic (exact) mass is 471 g/mol. The van der Waals surface area contributed by atoms with E-state index in [1.165, 1.54) is 38.5 Å². The van der Waals surface area contributed by atoms with Gasteiger partial charge in [0.15, 0.2) is 5.96 Å². The molecule has 0 bridgehead atoms. The van der Waals surface area contributed by atoms with E-state index in [2.05, 4.69) is 28.8 Å². The van der Waals surface area contributed by atoms with Crippen molar-refractivity contribution in [2.45, 2.75) is 62.8 Å². The molecule has 24 heavy (non-hydrogen) atoms. The van der Waals surface area contributed by atoms with Crippen LogP contribution in [0, 0.1) is 5.92 Å². The maximum atomic E-state index is 9.99. The van der Waals surface area contributed by atoms with Crippen LogP contribution in [0.15, 0.2) is 4.99 Å². The largest absolute Gasteiger partial charge is 0.389 e. The summed E-state index contributed by atoms with van der Waals surface area (Å²) in [6.07, 6.45) is 9.24. The maximum Gasteiger partial charge on any atom is 0.191 e. The van der Waals surface area contributed by atoms with Crippen LogP contribution in [0.25, 0.3) is 0 Å². The van der Waals surface area contributed by atoms with Crippen LogP contribution < -0.4 is 10.6 Å². The molecule has 0 aromatic rings. The second-order valence-corrected chi connectivity index (χ2v) is 7.86. The lowest BCUT2D eigenvalue weighted by molar-refractivity contribution is 0.0368. The number of halogens is 1. The van der Waals surface area contributed by atoms with Crippen LogP contribution in [0.2, 0.25) is 0 Å². The first kappa shape index (κ1) is 22.3. The number of ether oxygens (including phenoxy) is 1. The molecule has 3 unspecified atom stereocenters. The normalized spacial score (nSPS) is 25.7. The lowest BCUT2D eigenvalue weighted by Crippen LogP contribution is -2.46. The van der Waals surface area contributed by atoms with Crippen molar-refractivity contribution in [3.63, 3.8) is 0 Å². The summed E-state index contributed by atoms with van der Waals surface area (Å²) in [5, 5.41) is 17.6. The molecule has 2 fully saturated rings. The SMILES string of the molecule is CCNC(=NCC(O)COCC1CC1)NC1CCCC(SC)C1.I. The Bertz CT molecular complexity index is 370. The first-order valence-corrected chi connectivity index (χ1v) is 10.3. The number of aliphatic imine (C=N–C) groups is 1.